The zero-order valence-electron chi connectivity index (χ0n) is 13.5. The second kappa shape index (κ2) is 7.16. The molecule has 0 bridgehead atoms. The van der Waals surface area contributed by atoms with E-state index in [9.17, 15) is 13.2 Å². The van der Waals surface area contributed by atoms with Crippen LogP contribution in [-0.4, -0.2) is 55.2 Å². The van der Waals surface area contributed by atoms with Crippen molar-refractivity contribution in [3.8, 4) is 5.88 Å². The molecule has 8 nitrogen and oxygen atoms in total. The van der Waals surface area contributed by atoms with Crippen molar-refractivity contribution in [2.75, 3.05) is 20.2 Å². The first-order chi connectivity index (χ1) is 12.0. The first-order valence-electron chi connectivity index (χ1n) is 7.63. The van der Waals surface area contributed by atoms with Gasteiger partial charge in [-0.1, -0.05) is 0 Å². The van der Waals surface area contributed by atoms with Crippen LogP contribution < -0.4 is 4.74 Å². The minimum absolute atomic E-state index is 0.125. The maximum atomic E-state index is 12.7. The van der Waals surface area contributed by atoms with Crippen LogP contribution in [0.5, 0.6) is 5.88 Å². The van der Waals surface area contributed by atoms with Crippen LogP contribution >= 0.6 is 0 Å². The SMILES string of the molecule is COC(=O)c1ccc(S(=O)(=O)N2CCC(Oc3cccnn3)C2)cc1. The summed E-state index contributed by atoms with van der Waals surface area (Å²) in [6, 6.07) is 9.05. The molecule has 25 heavy (non-hydrogen) atoms. The van der Waals surface area contributed by atoms with Gasteiger partial charge >= 0.3 is 5.97 Å². The molecule has 1 aromatic carbocycles. The average Bonchev–Trinajstić information content (AvgIpc) is 3.11. The van der Waals surface area contributed by atoms with Crippen LogP contribution in [0.25, 0.3) is 0 Å². The largest absolute Gasteiger partial charge is 0.472 e. The summed E-state index contributed by atoms with van der Waals surface area (Å²) < 4.78 is 37.0. The van der Waals surface area contributed by atoms with Gasteiger partial charge in [0.05, 0.1) is 24.1 Å². The number of carbonyl (C=O) groups is 1. The van der Waals surface area contributed by atoms with Gasteiger partial charge in [0.1, 0.15) is 6.10 Å². The molecule has 0 aliphatic carbocycles. The number of nitrogens with zero attached hydrogens (tertiary/aromatic N) is 3. The fourth-order valence-corrected chi connectivity index (χ4v) is 4.05. The lowest BCUT2D eigenvalue weighted by atomic mass is 10.2. The first-order valence-corrected chi connectivity index (χ1v) is 9.07. The summed E-state index contributed by atoms with van der Waals surface area (Å²) in [5.41, 5.74) is 0.298. The van der Waals surface area contributed by atoms with Crippen LogP contribution in [0.3, 0.4) is 0 Å². The van der Waals surface area contributed by atoms with Crippen molar-refractivity contribution in [3.63, 3.8) is 0 Å². The third kappa shape index (κ3) is 3.77. The molecular weight excluding hydrogens is 346 g/mol. The van der Waals surface area contributed by atoms with Gasteiger partial charge in [0, 0.05) is 18.8 Å². The Balaban J connectivity index is 1.69. The van der Waals surface area contributed by atoms with E-state index in [1.54, 1.807) is 12.1 Å². The highest BCUT2D eigenvalue weighted by atomic mass is 32.2. The molecule has 0 radical (unpaired) electrons. The second-order valence-corrected chi connectivity index (χ2v) is 7.41. The highest BCUT2D eigenvalue weighted by Gasteiger charge is 2.33. The van der Waals surface area contributed by atoms with Crippen LogP contribution in [0.2, 0.25) is 0 Å². The van der Waals surface area contributed by atoms with E-state index < -0.39 is 16.0 Å². The number of sulfonamides is 1. The molecular formula is C16H17N3O5S. The number of aromatic nitrogens is 2. The molecule has 3 rings (SSSR count). The molecule has 0 spiro atoms. The summed E-state index contributed by atoms with van der Waals surface area (Å²) >= 11 is 0. The predicted molar refractivity (Wildman–Crippen MR) is 87.6 cm³/mol. The summed E-state index contributed by atoms with van der Waals surface area (Å²) in [6.45, 7) is 0.587. The Morgan fingerprint density at radius 1 is 1.24 bits per heavy atom. The van der Waals surface area contributed by atoms with Gasteiger partial charge in [0.2, 0.25) is 15.9 Å². The number of rotatable bonds is 5. The Hall–Kier alpha value is -2.52. The van der Waals surface area contributed by atoms with Crippen LogP contribution in [0, 0.1) is 0 Å². The lowest BCUT2D eigenvalue weighted by molar-refractivity contribution is 0.0600. The third-order valence-electron chi connectivity index (χ3n) is 3.86. The summed E-state index contributed by atoms with van der Waals surface area (Å²) in [5, 5.41) is 7.56. The van der Waals surface area contributed by atoms with Gasteiger partial charge in [-0.3, -0.25) is 0 Å². The van der Waals surface area contributed by atoms with Crippen molar-refractivity contribution >= 4 is 16.0 Å². The fourth-order valence-electron chi connectivity index (χ4n) is 2.56. The Kier molecular flexibility index (Phi) is 4.95. The molecule has 1 fully saturated rings. The normalized spacial score (nSPS) is 18.0. The average molecular weight is 363 g/mol. The van der Waals surface area contributed by atoms with Crippen molar-refractivity contribution in [2.45, 2.75) is 17.4 Å². The van der Waals surface area contributed by atoms with E-state index in [4.69, 9.17) is 4.74 Å². The number of benzene rings is 1. The number of methoxy groups -OCH3 is 1. The molecule has 1 atom stereocenters. The monoisotopic (exact) mass is 363 g/mol. The second-order valence-electron chi connectivity index (χ2n) is 5.47. The van der Waals surface area contributed by atoms with Crippen LogP contribution in [0.1, 0.15) is 16.8 Å². The van der Waals surface area contributed by atoms with Gasteiger partial charge in [-0.2, -0.15) is 9.40 Å². The zero-order chi connectivity index (χ0) is 17.9. The van der Waals surface area contributed by atoms with Crippen molar-refractivity contribution in [3.05, 3.63) is 48.2 Å². The molecule has 2 heterocycles. The fraction of sp³-hybridized carbons (Fsp3) is 0.312. The lowest BCUT2D eigenvalue weighted by Gasteiger charge is -2.17. The zero-order valence-corrected chi connectivity index (χ0v) is 14.3. The number of esters is 1. The molecule has 1 aromatic heterocycles. The first kappa shape index (κ1) is 17.3. The molecule has 1 aliphatic rings. The van der Waals surface area contributed by atoms with Crippen molar-refractivity contribution in [1.82, 2.24) is 14.5 Å². The van der Waals surface area contributed by atoms with Gasteiger partial charge in [0.25, 0.3) is 0 Å². The third-order valence-corrected chi connectivity index (χ3v) is 5.74. The number of ether oxygens (including phenoxy) is 2. The summed E-state index contributed by atoms with van der Waals surface area (Å²) in [5.74, 6) is -0.142. The molecule has 0 amide bonds. The van der Waals surface area contributed by atoms with Crippen molar-refractivity contribution in [2.24, 2.45) is 0 Å². The van der Waals surface area contributed by atoms with Crippen LogP contribution in [0.4, 0.5) is 0 Å². The van der Waals surface area contributed by atoms with Crippen LogP contribution in [-0.2, 0) is 14.8 Å². The highest BCUT2D eigenvalue weighted by molar-refractivity contribution is 7.89. The lowest BCUT2D eigenvalue weighted by Crippen LogP contribution is -2.31. The quantitative estimate of drug-likeness (QED) is 0.734. The molecule has 0 N–H and O–H groups in total. The molecule has 2 aromatic rings. The standard InChI is InChI=1S/C16H17N3O5S/c1-23-16(20)12-4-6-14(7-5-12)25(21,22)19-10-8-13(11-19)24-15-3-2-9-17-18-15/h2-7,9,13H,8,10-11H2,1H3. The maximum Gasteiger partial charge on any atom is 0.337 e. The van der Waals surface area contributed by atoms with E-state index >= 15 is 0 Å². The summed E-state index contributed by atoms with van der Waals surface area (Å²) in [6.07, 6.45) is 1.83. The Morgan fingerprint density at radius 3 is 2.64 bits per heavy atom. The van der Waals surface area contributed by atoms with Crippen molar-refractivity contribution < 1.29 is 22.7 Å². The Morgan fingerprint density at radius 2 is 2.00 bits per heavy atom. The number of hydrogen-bond donors (Lipinski definition) is 0. The van der Waals surface area contributed by atoms with Gasteiger partial charge in [-0.25, -0.2) is 13.2 Å². The highest BCUT2D eigenvalue weighted by Crippen LogP contribution is 2.23. The van der Waals surface area contributed by atoms with E-state index in [0.29, 0.717) is 24.4 Å². The van der Waals surface area contributed by atoms with E-state index in [-0.39, 0.29) is 17.5 Å². The number of hydrogen-bond acceptors (Lipinski definition) is 7. The molecule has 1 unspecified atom stereocenters. The van der Waals surface area contributed by atoms with Gasteiger partial charge in [0.15, 0.2) is 0 Å². The molecule has 1 aliphatic heterocycles. The van der Waals surface area contributed by atoms with Crippen LogP contribution in [0.15, 0.2) is 47.5 Å². The Bertz CT molecular complexity index is 840. The van der Waals surface area contributed by atoms with E-state index in [1.165, 1.54) is 41.9 Å². The molecule has 0 saturated carbocycles. The molecule has 1 saturated heterocycles. The predicted octanol–water partition coefficient (Wildman–Crippen LogP) is 1.11. The van der Waals surface area contributed by atoms with Crippen molar-refractivity contribution in [1.29, 1.82) is 0 Å². The van der Waals surface area contributed by atoms with E-state index in [2.05, 4.69) is 14.9 Å². The number of carbonyl (C=O) groups excluding carboxylic acids is 1. The van der Waals surface area contributed by atoms with Gasteiger partial charge in [-0.15, -0.1) is 5.10 Å². The summed E-state index contributed by atoms with van der Waals surface area (Å²) in [7, 11) is -2.38. The Labute approximate surface area is 145 Å². The minimum Gasteiger partial charge on any atom is -0.472 e. The topological polar surface area (TPSA) is 98.7 Å². The molecule has 132 valence electrons. The minimum atomic E-state index is -3.65. The molecule has 9 heteroatoms. The van der Waals surface area contributed by atoms with Gasteiger partial charge in [-0.05, 0) is 36.8 Å². The van der Waals surface area contributed by atoms with Gasteiger partial charge < -0.3 is 9.47 Å². The van der Waals surface area contributed by atoms with E-state index in [0.717, 1.165) is 0 Å². The maximum absolute atomic E-state index is 12.7. The smallest absolute Gasteiger partial charge is 0.337 e. The van der Waals surface area contributed by atoms with E-state index in [1.807, 2.05) is 0 Å². The summed E-state index contributed by atoms with van der Waals surface area (Å²) in [4.78, 5) is 11.6.